The zero-order valence-corrected chi connectivity index (χ0v) is 14.6. The molecule has 4 rings (SSSR count). The van der Waals surface area contributed by atoms with E-state index < -0.39 is 6.04 Å². The van der Waals surface area contributed by atoms with Crippen LogP contribution in [0.3, 0.4) is 0 Å². The number of halogens is 1. The van der Waals surface area contributed by atoms with Gasteiger partial charge in [0.05, 0.1) is 17.0 Å². The Balaban J connectivity index is 1.97. The van der Waals surface area contributed by atoms with Crippen LogP contribution < -0.4 is 5.43 Å². The first-order valence-corrected chi connectivity index (χ1v) is 9.09. The summed E-state index contributed by atoms with van der Waals surface area (Å²) in [5.41, 5.74) is 0.451. The molecule has 0 spiro atoms. The van der Waals surface area contributed by atoms with Crippen LogP contribution in [0.1, 0.15) is 33.5 Å². The molecule has 128 valence electrons. The van der Waals surface area contributed by atoms with Crippen LogP contribution in [0.5, 0.6) is 0 Å². The molecule has 0 saturated carbocycles. The molecule has 1 atom stereocenters. The largest absolute Gasteiger partial charge is 0.450 e. The molecule has 2 aromatic heterocycles. The zero-order valence-electron chi connectivity index (χ0n) is 13.1. The predicted octanol–water partition coefficient (Wildman–Crippen LogP) is 3.44. The van der Waals surface area contributed by atoms with Crippen LogP contribution in [0.25, 0.3) is 11.0 Å². The minimum atomic E-state index is -0.492. The molecule has 7 heteroatoms. The summed E-state index contributed by atoms with van der Waals surface area (Å²) >= 11 is 7.50. The SMILES string of the molecule is O=C1c2oc3ccc(Cl)cc3c(=O)c2C(c2cccs2)N1CCCO. The fraction of sp³-hybridized carbons (Fsp3) is 0.222. The van der Waals surface area contributed by atoms with Gasteiger partial charge in [-0.15, -0.1) is 11.3 Å². The maximum atomic E-state index is 13.1. The van der Waals surface area contributed by atoms with Gasteiger partial charge < -0.3 is 14.4 Å². The number of rotatable bonds is 4. The number of hydrogen-bond acceptors (Lipinski definition) is 5. The lowest BCUT2D eigenvalue weighted by Gasteiger charge is -2.23. The standard InChI is InChI=1S/C18H14ClNO4S/c19-10-4-5-12-11(9-10)16(22)14-15(13-3-1-8-25-13)20(6-2-7-21)18(23)17(14)24-12/h1,3-5,8-9,15,21H,2,6-7H2. The molecule has 1 amide bonds. The quantitative estimate of drug-likeness (QED) is 0.758. The Morgan fingerprint density at radius 1 is 1.28 bits per heavy atom. The first-order valence-electron chi connectivity index (χ1n) is 7.83. The molecule has 0 bridgehead atoms. The number of carbonyl (C=O) groups excluding carboxylic acids is 1. The van der Waals surface area contributed by atoms with Crippen LogP contribution in [0.2, 0.25) is 5.02 Å². The van der Waals surface area contributed by atoms with Crippen molar-refractivity contribution < 1.29 is 14.3 Å². The van der Waals surface area contributed by atoms with Crippen LogP contribution in [-0.4, -0.2) is 29.1 Å². The highest BCUT2D eigenvalue weighted by Crippen LogP contribution is 2.39. The van der Waals surface area contributed by atoms with Gasteiger partial charge in [-0.25, -0.2) is 0 Å². The average molecular weight is 376 g/mol. The summed E-state index contributed by atoms with van der Waals surface area (Å²) in [4.78, 5) is 28.4. The van der Waals surface area contributed by atoms with Crippen molar-refractivity contribution in [2.24, 2.45) is 0 Å². The molecule has 0 saturated heterocycles. The summed E-state index contributed by atoms with van der Waals surface area (Å²) in [5.74, 6) is -0.244. The van der Waals surface area contributed by atoms with Crippen molar-refractivity contribution >= 4 is 39.8 Å². The molecule has 1 aromatic carbocycles. The number of aliphatic hydroxyl groups excluding tert-OH is 1. The van der Waals surface area contributed by atoms with Gasteiger partial charge in [-0.2, -0.15) is 0 Å². The van der Waals surface area contributed by atoms with Crippen molar-refractivity contribution in [1.29, 1.82) is 0 Å². The van der Waals surface area contributed by atoms with E-state index in [-0.39, 0.29) is 23.7 Å². The number of aliphatic hydroxyl groups is 1. The van der Waals surface area contributed by atoms with Gasteiger partial charge in [0, 0.05) is 23.1 Å². The van der Waals surface area contributed by atoms with Crippen molar-refractivity contribution in [2.45, 2.75) is 12.5 Å². The molecular weight excluding hydrogens is 362 g/mol. The highest BCUT2D eigenvalue weighted by molar-refractivity contribution is 7.10. The number of fused-ring (bicyclic) bond motifs is 2. The monoisotopic (exact) mass is 375 g/mol. The lowest BCUT2D eigenvalue weighted by Crippen LogP contribution is -2.30. The van der Waals surface area contributed by atoms with Gasteiger partial charge in [-0.3, -0.25) is 9.59 Å². The minimum Gasteiger partial charge on any atom is -0.450 e. The smallest absolute Gasteiger partial charge is 0.290 e. The van der Waals surface area contributed by atoms with Gasteiger partial charge in [0.2, 0.25) is 5.76 Å². The topological polar surface area (TPSA) is 70.8 Å². The van der Waals surface area contributed by atoms with E-state index in [0.717, 1.165) is 4.88 Å². The molecule has 0 aliphatic carbocycles. The number of nitrogens with zero attached hydrogens (tertiary/aromatic N) is 1. The number of benzene rings is 1. The molecule has 0 radical (unpaired) electrons. The summed E-state index contributed by atoms with van der Waals surface area (Å²) < 4.78 is 5.78. The average Bonchev–Trinajstić information content (AvgIpc) is 3.21. The van der Waals surface area contributed by atoms with E-state index >= 15 is 0 Å². The Labute approximate surface area is 152 Å². The van der Waals surface area contributed by atoms with E-state index in [1.54, 1.807) is 23.1 Å². The van der Waals surface area contributed by atoms with Crippen LogP contribution >= 0.6 is 22.9 Å². The fourth-order valence-corrected chi connectivity index (χ4v) is 4.22. The molecule has 3 aromatic rings. The number of hydrogen-bond donors (Lipinski definition) is 1. The van der Waals surface area contributed by atoms with Crippen molar-refractivity contribution in [3.8, 4) is 0 Å². The third-order valence-electron chi connectivity index (χ3n) is 4.30. The third-order valence-corrected chi connectivity index (χ3v) is 5.46. The Morgan fingerprint density at radius 3 is 2.84 bits per heavy atom. The fourth-order valence-electron chi connectivity index (χ4n) is 3.21. The number of carbonyl (C=O) groups is 1. The molecule has 5 nitrogen and oxygen atoms in total. The highest BCUT2D eigenvalue weighted by atomic mass is 35.5. The second-order valence-corrected chi connectivity index (χ2v) is 7.22. The van der Waals surface area contributed by atoms with Crippen LogP contribution in [0.15, 0.2) is 44.9 Å². The van der Waals surface area contributed by atoms with Gasteiger partial charge >= 0.3 is 0 Å². The van der Waals surface area contributed by atoms with E-state index in [9.17, 15) is 9.59 Å². The minimum absolute atomic E-state index is 0.0315. The van der Waals surface area contributed by atoms with Gasteiger partial charge in [0.25, 0.3) is 5.91 Å². The Kier molecular flexibility index (Phi) is 4.11. The Hall–Kier alpha value is -2.15. The summed E-state index contributed by atoms with van der Waals surface area (Å²) in [5, 5.41) is 11.9. The van der Waals surface area contributed by atoms with E-state index in [4.69, 9.17) is 21.1 Å². The van der Waals surface area contributed by atoms with Crippen LogP contribution in [0, 0.1) is 0 Å². The molecule has 25 heavy (non-hydrogen) atoms. The molecule has 3 heterocycles. The van der Waals surface area contributed by atoms with Crippen molar-refractivity contribution in [3.05, 3.63) is 67.2 Å². The summed E-state index contributed by atoms with van der Waals surface area (Å²) in [6, 6.07) is 8.07. The maximum absolute atomic E-state index is 13.1. The number of amides is 1. The third kappa shape index (κ3) is 2.57. The van der Waals surface area contributed by atoms with Crippen molar-refractivity contribution in [2.75, 3.05) is 13.2 Å². The normalized spacial score (nSPS) is 16.6. The first-order chi connectivity index (χ1) is 12.1. The lowest BCUT2D eigenvalue weighted by atomic mass is 10.0. The second kappa shape index (κ2) is 6.29. The first kappa shape index (κ1) is 16.3. The van der Waals surface area contributed by atoms with E-state index in [1.165, 1.54) is 11.3 Å². The summed E-state index contributed by atoms with van der Waals surface area (Å²) in [7, 11) is 0. The maximum Gasteiger partial charge on any atom is 0.290 e. The summed E-state index contributed by atoms with van der Waals surface area (Å²) in [6.45, 7) is 0.314. The molecule has 1 aliphatic rings. The number of thiophene rings is 1. The molecule has 1 aliphatic heterocycles. The molecule has 1 N–H and O–H groups in total. The van der Waals surface area contributed by atoms with Crippen molar-refractivity contribution in [1.82, 2.24) is 4.90 Å². The van der Waals surface area contributed by atoms with Gasteiger partial charge in [-0.05, 0) is 36.1 Å². The Bertz CT molecular complexity index is 1010. The van der Waals surface area contributed by atoms with Gasteiger partial charge in [0.15, 0.2) is 5.43 Å². The van der Waals surface area contributed by atoms with E-state index in [1.807, 2.05) is 17.5 Å². The van der Waals surface area contributed by atoms with Gasteiger partial charge in [-0.1, -0.05) is 17.7 Å². The highest BCUT2D eigenvalue weighted by Gasteiger charge is 2.42. The molecular formula is C18H14ClNO4S. The summed E-state index contributed by atoms with van der Waals surface area (Å²) in [6.07, 6.45) is 0.432. The van der Waals surface area contributed by atoms with Crippen molar-refractivity contribution in [3.63, 3.8) is 0 Å². The van der Waals surface area contributed by atoms with Crippen LogP contribution in [0.4, 0.5) is 0 Å². The zero-order chi connectivity index (χ0) is 17.6. The van der Waals surface area contributed by atoms with Crippen LogP contribution in [-0.2, 0) is 0 Å². The molecule has 0 fully saturated rings. The van der Waals surface area contributed by atoms with Gasteiger partial charge in [0.1, 0.15) is 5.58 Å². The predicted molar refractivity (Wildman–Crippen MR) is 96.4 cm³/mol. The van der Waals surface area contributed by atoms with E-state index in [2.05, 4.69) is 0 Å². The Morgan fingerprint density at radius 2 is 2.12 bits per heavy atom. The lowest BCUT2D eigenvalue weighted by molar-refractivity contribution is 0.0718. The van der Waals surface area contributed by atoms with E-state index in [0.29, 0.717) is 34.5 Å². The molecule has 1 unspecified atom stereocenters. The second-order valence-electron chi connectivity index (χ2n) is 5.81.